The molecule has 2 fully saturated rings. The van der Waals surface area contributed by atoms with Crippen molar-refractivity contribution >= 4 is 5.91 Å². The lowest BCUT2D eigenvalue weighted by atomic mass is 9.95. The van der Waals surface area contributed by atoms with E-state index in [-0.39, 0.29) is 11.8 Å². The summed E-state index contributed by atoms with van der Waals surface area (Å²) in [6.45, 7) is 3.73. The van der Waals surface area contributed by atoms with Gasteiger partial charge in [-0.05, 0) is 44.8 Å². The Bertz CT molecular complexity index is 535. The summed E-state index contributed by atoms with van der Waals surface area (Å²) in [4.78, 5) is 16.4. The number of piperidine rings is 1. The smallest absolute Gasteiger partial charge is 0.225 e. The summed E-state index contributed by atoms with van der Waals surface area (Å²) in [7, 11) is 0. The van der Waals surface area contributed by atoms with Crippen molar-refractivity contribution in [1.29, 1.82) is 0 Å². The largest absolute Gasteiger partial charge is 0.342 e. The molecule has 5 heteroatoms. The predicted molar refractivity (Wildman–Crippen MR) is 80.2 cm³/mol. The van der Waals surface area contributed by atoms with E-state index >= 15 is 0 Å². The maximum absolute atomic E-state index is 13.7. The van der Waals surface area contributed by atoms with E-state index < -0.39 is 11.6 Å². The lowest BCUT2D eigenvalue weighted by Crippen LogP contribution is -2.41. The maximum Gasteiger partial charge on any atom is 0.225 e. The zero-order chi connectivity index (χ0) is 15.5. The van der Waals surface area contributed by atoms with Gasteiger partial charge in [-0.25, -0.2) is 8.78 Å². The van der Waals surface area contributed by atoms with Crippen LogP contribution in [0.1, 0.15) is 31.2 Å². The summed E-state index contributed by atoms with van der Waals surface area (Å²) in [5.41, 5.74) is 0.393. The molecule has 0 unspecified atom stereocenters. The Morgan fingerprint density at radius 1 is 1.09 bits per heavy atom. The third-order valence-electron chi connectivity index (χ3n) is 4.78. The van der Waals surface area contributed by atoms with Gasteiger partial charge in [-0.3, -0.25) is 9.69 Å². The number of benzene rings is 1. The van der Waals surface area contributed by atoms with Gasteiger partial charge in [-0.2, -0.15) is 0 Å². The van der Waals surface area contributed by atoms with Gasteiger partial charge in [0.25, 0.3) is 0 Å². The number of amides is 1. The Morgan fingerprint density at radius 3 is 2.45 bits per heavy atom. The van der Waals surface area contributed by atoms with E-state index in [9.17, 15) is 13.6 Å². The summed E-state index contributed by atoms with van der Waals surface area (Å²) >= 11 is 0. The number of carbonyl (C=O) groups excluding carboxylic acids is 1. The van der Waals surface area contributed by atoms with Crippen LogP contribution in [0.25, 0.3) is 0 Å². The van der Waals surface area contributed by atoms with E-state index in [1.54, 1.807) is 6.07 Å². The Hall–Kier alpha value is -1.49. The van der Waals surface area contributed by atoms with Gasteiger partial charge in [0, 0.05) is 31.1 Å². The van der Waals surface area contributed by atoms with Crippen LogP contribution < -0.4 is 0 Å². The van der Waals surface area contributed by atoms with Crippen LogP contribution in [0.15, 0.2) is 18.2 Å². The molecular weight excluding hydrogens is 286 g/mol. The number of nitrogens with zero attached hydrogens (tertiary/aromatic N) is 2. The first-order valence-corrected chi connectivity index (χ1v) is 8.09. The first kappa shape index (κ1) is 15.4. The van der Waals surface area contributed by atoms with Crippen LogP contribution >= 0.6 is 0 Å². The van der Waals surface area contributed by atoms with Crippen LogP contribution in [0.3, 0.4) is 0 Å². The Balaban J connectivity index is 1.53. The quantitative estimate of drug-likeness (QED) is 0.857. The highest BCUT2D eigenvalue weighted by Gasteiger charge is 2.29. The van der Waals surface area contributed by atoms with Crippen molar-refractivity contribution in [3.05, 3.63) is 35.4 Å². The van der Waals surface area contributed by atoms with Crippen LogP contribution in [0.2, 0.25) is 0 Å². The molecule has 3 nitrogen and oxygen atoms in total. The fraction of sp³-hybridized carbons (Fsp3) is 0.588. The number of hydrogen-bond donors (Lipinski definition) is 0. The van der Waals surface area contributed by atoms with Crippen molar-refractivity contribution in [2.24, 2.45) is 5.92 Å². The molecule has 2 aliphatic rings. The van der Waals surface area contributed by atoms with Gasteiger partial charge < -0.3 is 4.90 Å². The molecule has 0 N–H and O–H groups in total. The predicted octanol–water partition coefficient (Wildman–Crippen LogP) is 2.80. The lowest BCUT2D eigenvalue weighted by molar-refractivity contribution is -0.136. The molecule has 1 aromatic rings. The summed E-state index contributed by atoms with van der Waals surface area (Å²) in [6, 6.07) is 4.30. The van der Waals surface area contributed by atoms with Gasteiger partial charge >= 0.3 is 0 Å². The molecule has 0 aliphatic carbocycles. The molecule has 2 saturated heterocycles. The van der Waals surface area contributed by atoms with Crippen LogP contribution in [-0.4, -0.2) is 41.9 Å². The van der Waals surface area contributed by atoms with E-state index in [2.05, 4.69) is 4.90 Å². The van der Waals surface area contributed by atoms with E-state index in [0.29, 0.717) is 12.1 Å². The highest BCUT2D eigenvalue weighted by molar-refractivity contribution is 5.79. The van der Waals surface area contributed by atoms with Crippen molar-refractivity contribution in [2.45, 2.75) is 32.2 Å². The Kier molecular flexibility index (Phi) is 4.71. The summed E-state index contributed by atoms with van der Waals surface area (Å²) in [6.07, 6.45) is 3.85. The van der Waals surface area contributed by atoms with Crippen LogP contribution in [0.5, 0.6) is 0 Å². The van der Waals surface area contributed by atoms with E-state index in [1.807, 2.05) is 4.90 Å². The second kappa shape index (κ2) is 6.73. The zero-order valence-electron chi connectivity index (χ0n) is 12.7. The van der Waals surface area contributed by atoms with Crippen molar-refractivity contribution in [2.75, 3.05) is 26.2 Å². The van der Waals surface area contributed by atoms with Crippen molar-refractivity contribution in [3.8, 4) is 0 Å². The van der Waals surface area contributed by atoms with Crippen molar-refractivity contribution in [3.63, 3.8) is 0 Å². The number of hydrogen-bond acceptors (Lipinski definition) is 2. The van der Waals surface area contributed by atoms with Crippen molar-refractivity contribution in [1.82, 2.24) is 9.80 Å². The fourth-order valence-corrected chi connectivity index (χ4v) is 3.45. The highest BCUT2D eigenvalue weighted by atomic mass is 19.2. The average molecular weight is 308 g/mol. The maximum atomic E-state index is 13.7. The molecule has 0 spiro atoms. The molecule has 3 rings (SSSR count). The molecule has 120 valence electrons. The number of halogens is 2. The standard InChI is InChI=1S/C17H22F2N2O/c18-15-5-3-4-14(16(15)19)12-20-10-6-13(7-11-20)17(22)21-8-1-2-9-21/h3-5,13H,1-2,6-12H2. The second-order valence-corrected chi connectivity index (χ2v) is 6.30. The first-order valence-electron chi connectivity index (χ1n) is 8.09. The highest BCUT2D eigenvalue weighted by Crippen LogP contribution is 2.24. The van der Waals surface area contributed by atoms with Crippen molar-refractivity contribution < 1.29 is 13.6 Å². The SMILES string of the molecule is O=C(C1CCN(Cc2cccc(F)c2F)CC1)N1CCCC1. The normalized spacial score (nSPS) is 20.5. The van der Waals surface area contributed by atoms with Crippen LogP contribution in [0.4, 0.5) is 8.78 Å². The monoisotopic (exact) mass is 308 g/mol. The molecule has 22 heavy (non-hydrogen) atoms. The first-order chi connectivity index (χ1) is 10.6. The third-order valence-corrected chi connectivity index (χ3v) is 4.78. The van der Waals surface area contributed by atoms with Crippen LogP contribution in [-0.2, 0) is 11.3 Å². The molecule has 0 bridgehead atoms. The van der Waals surface area contributed by atoms with Gasteiger partial charge in [-0.15, -0.1) is 0 Å². The molecule has 0 aromatic heterocycles. The minimum absolute atomic E-state index is 0.103. The molecule has 1 amide bonds. The number of likely N-dealkylation sites (tertiary alicyclic amines) is 2. The minimum Gasteiger partial charge on any atom is -0.342 e. The van der Waals surface area contributed by atoms with E-state index in [4.69, 9.17) is 0 Å². The fourth-order valence-electron chi connectivity index (χ4n) is 3.45. The molecule has 2 aliphatic heterocycles. The van der Waals surface area contributed by atoms with Crippen LogP contribution in [0, 0.1) is 17.6 Å². The van der Waals surface area contributed by atoms with Gasteiger partial charge in [0.15, 0.2) is 11.6 Å². The summed E-state index contributed by atoms with van der Waals surface area (Å²) in [5, 5.41) is 0. The molecule has 2 heterocycles. The van der Waals surface area contributed by atoms with Gasteiger partial charge in [0.1, 0.15) is 0 Å². The molecule has 0 atom stereocenters. The van der Waals surface area contributed by atoms with Gasteiger partial charge in [-0.1, -0.05) is 12.1 Å². The molecule has 0 radical (unpaired) electrons. The van der Waals surface area contributed by atoms with E-state index in [0.717, 1.165) is 57.9 Å². The summed E-state index contributed by atoms with van der Waals surface area (Å²) in [5.74, 6) is -1.16. The molecule has 0 saturated carbocycles. The zero-order valence-corrected chi connectivity index (χ0v) is 12.7. The van der Waals surface area contributed by atoms with E-state index in [1.165, 1.54) is 6.07 Å². The topological polar surface area (TPSA) is 23.6 Å². The molecular formula is C17H22F2N2O. The third kappa shape index (κ3) is 3.29. The number of rotatable bonds is 3. The summed E-state index contributed by atoms with van der Waals surface area (Å²) < 4.78 is 26.9. The average Bonchev–Trinajstić information content (AvgIpc) is 3.06. The Labute approximate surface area is 129 Å². The lowest BCUT2D eigenvalue weighted by Gasteiger charge is -2.33. The number of carbonyl (C=O) groups is 1. The minimum atomic E-state index is -0.795. The molecule has 1 aromatic carbocycles. The second-order valence-electron chi connectivity index (χ2n) is 6.30. The Morgan fingerprint density at radius 2 is 1.77 bits per heavy atom. The van der Waals surface area contributed by atoms with Gasteiger partial charge in [0.2, 0.25) is 5.91 Å². The van der Waals surface area contributed by atoms with Gasteiger partial charge in [0.05, 0.1) is 0 Å².